The molecule has 0 N–H and O–H groups in total. The number of ether oxygens (including phenoxy) is 1. The molecule has 0 aliphatic rings. The number of hydrogen-bond donors (Lipinski definition) is 0. The van der Waals surface area contributed by atoms with Crippen LogP contribution in [0.2, 0.25) is 5.02 Å². The highest BCUT2D eigenvalue weighted by molar-refractivity contribution is 7.13. The van der Waals surface area contributed by atoms with E-state index >= 15 is 0 Å². The molecule has 6 heteroatoms. The standard InChI is InChI=1S/C15H10ClNO3S/c16-12-5-2-1-4-11(12)15(18)19-9-10-8-13(20-17-10)14-6-3-7-21-14/h1-8H,9H2. The molecule has 0 saturated heterocycles. The first-order chi connectivity index (χ1) is 10.2. The smallest absolute Gasteiger partial charge is 0.340 e. The Bertz CT molecular complexity index is 752. The largest absolute Gasteiger partial charge is 0.455 e. The van der Waals surface area contributed by atoms with Gasteiger partial charge in [0.15, 0.2) is 5.76 Å². The highest BCUT2D eigenvalue weighted by Crippen LogP contribution is 2.25. The molecule has 0 radical (unpaired) electrons. The van der Waals surface area contributed by atoms with Crippen molar-refractivity contribution in [2.75, 3.05) is 0 Å². The Kier molecular flexibility index (Phi) is 4.03. The zero-order chi connectivity index (χ0) is 14.7. The molecule has 0 saturated carbocycles. The van der Waals surface area contributed by atoms with Crippen LogP contribution in [-0.2, 0) is 11.3 Å². The van der Waals surface area contributed by atoms with E-state index in [1.807, 2.05) is 17.5 Å². The SMILES string of the molecule is O=C(OCc1cc(-c2cccs2)on1)c1ccccc1Cl. The molecule has 0 unspecified atom stereocenters. The summed E-state index contributed by atoms with van der Waals surface area (Å²) in [5.41, 5.74) is 0.889. The molecule has 0 aliphatic carbocycles. The molecule has 0 fully saturated rings. The van der Waals surface area contributed by atoms with E-state index in [9.17, 15) is 4.79 Å². The van der Waals surface area contributed by atoms with Crippen LogP contribution in [0.4, 0.5) is 0 Å². The third-order valence-electron chi connectivity index (χ3n) is 2.77. The van der Waals surface area contributed by atoms with Crippen LogP contribution in [0.3, 0.4) is 0 Å². The van der Waals surface area contributed by atoms with E-state index in [2.05, 4.69) is 5.16 Å². The quantitative estimate of drug-likeness (QED) is 0.668. The van der Waals surface area contributed by atoms with Gasteiger partial charge >= 0.3 is 5.97 Å². The summed E-state index contributed by atoms with van der Waals surface area (Å²) in [6.07, 6.45) is 0. The molecule has 21 heavy (non-hydrogen) atoms. The van der Waals surface area contributed by atoms with Crippen molar-refractivity contribution < 1.29 is 14.1 Å². The van der Waals surface area contributed by atoms with Crippen LogP contribution in [0.1, 0.15) is 16.1 Å². The second-order valence-electron chi connectivity index (χ2n) is 4.22. The Balaban J connectivity index is 1.66. The van der Waals surface area contributed by atoms with Crippen molar-refractivity contribution in [3.05, 3.63) is 64.1 Å². The fourth-order valence-electron chi connectivity index (χ4n) is 1.76. The van der Waals surface area contributed by atoms with Gasteiger partial charge in [-0.15, -0.1) is 11.3 Å². The van der Waals surface area contributed by atoms with Gasteiger partial charge in [-0.25, -0.2) is 4.79 Å². The van der Waals surface area contributed by atoms with Gasteiger partial charge in [0.05, 0.1) is 15.5 Å². The Morgan fingerprint density at radius 2 is 2.14 bits per heavy atom. The fourth-order valence-corrected chi connectivity index (χ4v) is 2.64. The molecule has 106 valence electrons. The number of hydrogen-bond acceptors (Lipinski definition) is 5. The van der Waals surface area contributed by atoms with Crippen molar-refractivity contribution in [1.29, 1.82) is 0 Å². The molecule has 4 nitrogen and oxygen atoms in total. The van der Waals surface area contributed by atoms with Gasteiger partial charge in [-0.2, -0.15) is 0 Å². The van der Waals surface area contributed by atoms with Gasteiger partial charge in [0, 0.05) is 6.07 Å². The highest BCUT2D eigenvalue weighted by Gasteiger charge is 2.13. The number of esters is 1. The summed E-state index contributed by atoms with van der Waals surface area (Å²) < 4.78 is 10.4. The van der Waals surface area contributed by atoms with E-state index in [0.717, 1.165) is 4.88 Å². The molecule has 3 aromatic rings. The molecular formula is C15H10ClNO3S. The minimum absolute atomic E-state index is 0.0406. The number of nitrogens with zero attached hydrogens (tertiary/aromatic N) is 1. The van der Waals surface area contributed by atoms with Crippen LogP contribution in [-0.4, -0.2) is 11.1 Å². The van der Waals surface area contributed by atoms with E-state index in [1.54, 1.807) is 41.7 Å². The topological polar surface area (TPSA) is 52.3 Å². The molecule has 2 aromatic heterocycles. The molecule has 2 heterocycles. The van der Waals surface area contributed by atoms with Gasteiger partial charge in [-0.05, 0) is 23.6 Å². The molecule has 0 aliphatic heterocycles. The predicted molar refractivity (Wildman–Crippen MR) is 80.4 cm³/mol. The zero-order valence-corrected chi connectivity index (χ0v) is 12.4. The lowest BCUT2D eigenvalue weighted by atomic mass is 10.2. The van der Waals surface area contributed by atoms with E-state index in [0.29, 0.717) is 22.0 Å². The minimum Gasteiger partial charge on any atom is -0.455 e. The van der Waals surface area contributed by atoms with Gasteiger partial charge in [-0.3, -0.25) is 0 Å². The van der Waals surface area contributed by atoms with Gasteiger partial charge in [0.1, 0.15) is 12.3 Å². The lowest BCUT2D eigenvalue weighted by Gasteiger charge is -2.03. The second-order valence-corrected chi connectivity index (χ2v) is 5.57. The van der Waals surface area contributed by atoms with Crippen LogP contribution in [0.25, 0.3) is 10.6 Å². The van der Waals surface area contributed by atoms with Crippen LogP contribution < -0.4 is 0 Å². The molecule has 0 amide bonds. The Hall–Kier alpha value is -2.11. The van der Waals surface area contributed by atoms with Crippen molar-refractivity contribution in [3.63, 3.8) is 0 Å². The molecule has 0 atom stereocenters. The number of benzene rings is 1. The number of aromatic nitrogens is 1. The summed E-state index contributed by atoms with van der Waals surface area (Å²) in [7, 11) is 0. The average molecular weight is 320 g/mol. The number of carbonyl (C=O) groups is 1. The van der Waals surface area contributed by atoms with Crippen molar-refractivity contribution >= 4 is 28.9 Å². The molecule has 3 rings (SSSR count). The Labute approximate surface area is 129 Å². The van der Waals surface area contributed by atoms with Gasteiger partial charge in [-0.1, -0.05) is 35.0 Å². The van der Waals surface area contributed by atoms with E-state index in [1.165, 1.54) is 0 Å². The van der Waals surface area contributed by atoms with Gasteiger partial charge < -0.3 is 9.26 Å². The average Bonchev–Trinajstić information content (AvgIpc) is 3.16. The number of carbonyl (C=O) groups excluding carboxylic acids is 1. The van der Waals surface area contributed by atoms with Crippen LogP contribution in [0.15, 0.2) is 52.4 Å². The summed E-state index contributed by atoms with van der Waals surface area (Å²) in [4.78, 5) is 12.9. The highest BCUT2D eigenvalue weighted by atomic mass is 35.5. The lowest BCUT2D eigenvalue weighted by molar-refractivity contribution is 0.0464. The maximum absolute atomic E-state index is 11.9. The third-order valence-corrected chi connectivity index (χ3v) is 3.98. The lowest BCUT2D eigenvalue weighted by Crippen LogP contribution is -2.05. The molecule has 0 bridgehead atoms. The van der Waals surface area contributed by atoms with Crippen LogP contribution in [0, 0.1) is 0 Å². The van der Waals surface area contributed by atoms with Crippen molar-refractivity contribution in [2.45, 2.75) is 6.61 Å². The summed E-state index contributed by atoms with van der Waals surface area (Å²) in [6, 6.07) is 12.4. The van der Waals surface area contributed by atoms with Crippen LogP contribution >= 0.6 is 22.9 Å². The monoisotopic (exact) mass is 319 g/mol. The maximum atomic E-state index is 11.9. The summed E-state index contributed by atoms with van der Waals surface area (Å²) in [5.74, 6) is 0.176. The number of rotatable bonds is 4. The van der Waals surface area contributed by atoms with Crippen molar-refractivity contribution in [3.8, 4) is 10.6 Å². The van der Waals surface area contributed by atoms with Gasteiger partial charge in [0.2, 0.25) is 0 Å². The second kappa shape index (κ2) is 6.11. The number of thiophene rings is 1. The first-order valence-corrected chi connectivity index (χ1v) is 7.41. The summed E-state index contributed by atoms with van der Waals surface area (Å²) in [6.45, 7) is 0.0406. The maximum Gasteiger partial charge on any atom is 0.340 e. The number of halogens is 1. The van der Waals surface area contributed by atoms with Crippen LogP contribution in [0.5, 0.6) is 0 Å². The van der Waals surface area contributed by atoms with E-state index in [-0.39, 0.29) is 6.61 Å². The van der Waals surface area contributed by atoms with Crippen molar-refractivity contribution in [1.82, 2.24) is 5.16 Å². The Morgan fingerprint density at radius 1 is 1.29 bits per heavy atom. The van der Waals surface area contributed by atoms with E-state index < -0.39 is 5.97 Å². The fraction of sp³-hybridized carbons (Fsp3) is 0.0667. The summed E-state index contributed by atoms with van der Waals surface area (Å²) >= 11 is 7.49. The van der Waals surface area contributed by atoms with Crippen molar-refractivity contribution in [2.24, 2.45) is 0 Å². The molecular weight excluding hydrogens is 310 g/mol. The normalized spacial score (nSPS) is 10.5. The Morgan fingerprint density at radius 3 is 2.90 bits per heavy atom. The van der Waals surface area contributed by atoms with E-state index in [4.69, 9.17) is 20.9 Å². The first kappa shape index (κ1) is 13.9. The predicted octanol–water partition coefficient (Wildman–Crippen LogP) is 4.41. The third kappa shape index (κ3) is 3.15. The first-order valence-electron chi connectivity index (χ1n) is 6.15. The minimum atomic E-state index is -0.485. The zero-order valence-electron chi connectivity index (χ0n) is 10.8. The summed E-state index contributed by atoms with van der Waals surface area (Å²) in [5, 5.41) is 6.20. The molecule has 1 aromatic carbocycles. The molecule has 0 spiro atoms. The van der Waals surface area contributed by atoms with Gasteiger partial charge in [0.25, 0.3) is 0 Å².